The van der Waals surface area contributed by atoms with Gasteiger partial charge in [0, 0.05) is 5.92 Å². The number of hydrogen-bond acceptors (Lipinski definition) is 2. The molecule has 1 fully saturated rings. The van der Waals surface area contributed by atoms with Gasteiger partial charge in [-0.25, -0.2) is 4.79 Å². The van der Waals surface area contributed by atoms with Crippen LogP contribution in [0.15, 0.2) is 36.0 Å². The van der Waals surface area contributed by atoms with Gasteiger partial charge in [0.25, 0.3) is 0 Å². The summed E-state index contributed by atoms with van der Waals surface area (Å²) in [6, 6.07) is 9.12. The predicted molar refractivity (Wildman–Crippen MR) is 76.8 cm³/mol. The van der Waals surface area contributed by atoms with Gasteiger partial charge in [-0.2, -0.15) is 0 Å². The third-order valence-electron chi connectivity index (χ3n) is 3.57. The molecule has 1 aliphatic rings. The Morgan fingerprint density at radius 2 is 1.75 bits per heavy atom. The zero-order chi connectivity index (χ0) is 14.4. The van der Waals surface area contributed by atoms with Crippen molar-refractivity contribution in [1.82, 2.24) is 5.32 Å². The van der Waals surface area contributed by atoms with Crippen LogP contribution >= 0.6 is 0 Å². The van der Waals surface area contributed by atoms with Crippen molar-refractivity contribution < 1.29 is 14.7 Å². The van der Waals surface area contributed by atoms with Crippen molar-refractivity contribution in [1.29, 1.82) is 0 Å². The molecule has 0 saturated heterocycles. The van der Waals surface area contributed by atoms with Crippen molar-refractivity contribution in [2.24, 2.45) is 5.92 Å². The first-order valence-corrected chi connectivity index (χ1v) is 6.98. The van der Waals surface area contributed by atoms with Gasteiger partial charge in [0.1, 0.15) is 5.70 Å². The molecule has 0 aromatic heterocycles. The maximum atomic E-state index is 12.1. The van der Waals surface area contributed by atoms with E-state index in [1.54, 1.807) is 12.1 Å². The van der Waals surface area contributed by atoms with Gasteiger partial charge in [-0.3, -0.25) is 4.79 Å². The lowest BCUT2D eigenvalue weighted by atomic mass is 9.88. The van der Waals surface area contributed by atoms with Crippen LogP contribution in [0.5, 0.6) is 0 Å². The first kappa shape index (κ1) is 14.3. The van der Waals surface area contributed by atoms with E-state index in [9.17, 15) is 14.7 Å². The molecule has 4 heteroatoms. The number of rotatable bonds is 4. The molecule has 0 spiro atoms. The van der Waals surface area contributed by atoms with Gasteiger partial charge in [-0.1, -0.05) is 49.6 Å². The van der Waals surface area contributed by atoms with E-state index in [0.717, 1.165) is 37.7 Å². The molecule has 0 aliphatic heterocycles. The van der Waals surface area contributed by atoms with Crippen LogP contribution in [0.25, 0.3) is 6.08 Å². The maximum Gasteiger partial charge on any atom is 0.352 e. The summed E-state index contributed by atoms with van der Waals surface area (Å²) < 4.78 is 0. The summed E-state index contributed by atoms with van der Waals surface area (Å²) in [6.45, 7) is 0. The van der Waals surface area contributed by atoms with Crippen LogP contribution in [0.2, 0.25) is 0 Å². The molecule has 4 nitrogen and oxygen atoms in total. The van der Waals surface area contributed by atoms with E-state index in [1.165, 1.54) is 6.08 Å². The number of carboxylic acid groups (broad SMARTS) is 1. The summed E-state index contributed by atoms with van der Waals surface area (Å²) in [7, 11) is 0. The molecule has 106 valence electrons. The van der Waals surface area contributed by atoms with Gasteiger partial charge < -0.3 is 10.4 Å². The third-order valence-corrected chi connectivity index (χ3v) is 3.57. The lowest BCUT2D eigenvalue weighted by Gasteiger charge is -2.20. The predicted octanol–water partition coefficient (Wildman–Crippen LogP) is 2.81. The Morgan fingerprint density at radius 1 is 1.10 bits per heavy atom. The van der Waals surface area contributed by atoms with E-state index >= 15 is 0 Å². The molecule has 1 aliphatic carbocycles. The third kappa shape index (κ3) is 3.95. The van der Waals surface area contributed by atoms with Gasteiger partial charge >= 0.3 is 5.97 Å². The van der Waals surface area contributed by atoms with Crippen LogP contribution < -0.4 is 5.32 Å². The minimum atomic E-state index is -1.11. The quantitative estimate of drug-likeness (QED) is 0.829. The fourth-order valence-corrected chi connectivity index (χ4v) is 2.47. The van der Waals surface area contributed by atoms with Gasteiger partial charge in [0.15, 0.2) is 0 Å². The average molecular weight is 273 g/mol. The highest BCUT2D eigenvalue weighted by molar-refractivity contribution is 5.97. The Bertz CT molecular complexity index is 502. The molecule has 2 N–H and O–H groups in total. The van der Waals surface area contributed by atoms with Crippen LogP contribution in [0.3, 0.4) is 0 Å². The minimum Gasteiger partial charge on any atom is -0.477 e. The number of carbonyl (C=O) groups excluding carboxylic acids is 1. The smallest absolute Gasteiger partial charge is 0.352 e. The van der Waals surface area contributed by atoms with Crippen molar-refractivity contribution in [2.75, 3.05) is 0 Å². The van der Waals surface area contributed by atoms with Crippen molar-refractivity contribution in [3.63, 3.8) is 0 Å². The molecule has 0 bridgehead atoms. The monoisotopic (exact) mass is 273 g/mol. The summed E-state index contributed by atoms with van der Waals surface area (Å²) >= 11 is 0. The number of carboxylic acids is 1. The van der Waals surface area contributed by atoms with Crippen molar-refractivity contribution in [2.45, 2.75) is 32.1 Å². The minimum absolute atomic E-state index is 0.0535. The Kier molecular flexibility index (Phi) is 4.93. The van der Waals surface area contributed by atoms with E-state index in [1.807, 2.05) is 18.2 Å². The molecular weight excluding hydrogens is 254 g/mol. The summed E-state index contributed by atoms with van der Waals surface area (Å²) in [4.78, 5) is 23.3. The number of benzene rings is 1. The summed E-state index contributed by atoms with van der Waals surface area (Å²) in [5.74, 6) is -1.34. The van der Waals surface area contributed by atoms with Gasteiger partial charge in [0.2, 0.25) is 5.91 Å². The lowest BCUT2D eigenvalue weighted by Crippen LogP contribution is -2.33. The molecule has 0 unspecified atom stereocenters. The van der Waals surface area contributed by atoms with Crippen LogP contribution in [0, 0.1) is 5.92 Å². The Morgan fingerprint density at radius 3 is 2.35 bits per heavy atom. The first-order chi connectivity index (χ1) is 9.66. The van der Waals surface area contributed by atoms with E-state index in [2.05, 4.69) is 5.32 Å². The normalized spacial score (nSPS) is 16.7. The summed E-state index contributed by atoms with van der Waals surface area (Å²) in [6.07, 6.45) is 6.44. The molecule has 1 aromatic rings. The van der Waals surface area contributed by atoms with Crippen LogP contribution in [-0.4, -0.2) is 17.0 Å². The SMILES string of the molecule is O=C(O)C(=Cc1ccccc1)NC(=O)C1CCCCC1. The number of amides is 1. The van der Waals surface area contributed by atoms with Gasteiger partial charge in [0.05, 0.1) is 0 Å². The molecule has 1 amide bonds. The van der Waals surface area contributed by atoms with E-state index in [0.29, 0.717) is 0 Å². The Hall–Kier alpha value is -2.10. The van der Waals surface area contributed by atoms with Gasteiger partial charge in [-0.15, -0.1) is 0 Å². The second-order valence-electron chi connectivity index (χ2n) is 5.10. The highest BCUT2D eigenvalue weighted by Gasteiger charge is 2.23. The zero-order valence-corrected chi connectivity index (χ0v) is 11.3. The Balaban J connectivity index is 2.08. The molecule has 0 atom stereocenters. The van der Waals surface area contributed by atoms with Crippen molar-refractivity contribution in [3.8, 4) is 0 Å². The first-order valence-electron chi connectivity index (χ1n) is 6.98. The summed E-state index contributed by atoms with van der Waals surface area (Å²) in [5, 5.41) is 11.8. The average Bonchev–Trinajstić information content (AvgIpc) is 2.48. The van der Waals surface area contributed by atoms with E-state index < -0.39 is 5.97 Å². The largest absolute Gasteiger partial charge is 0.477 e. The van der Waals surface area contributed by atoms with Crippen molar-refractivity contribution >= 4 is 18.0 Å². The number of aliphatic carboxylic acids is 1. The second kappa shape index (κ2) is 6.89. The molecule has 1 aromatic carbocycles. The van der Waals surface area contributed by atoms with Crippen LogP contribution in [0.1, 0.15) is 37.7 Å². The zero-order valence-electron chi connectivity index (χ0n) is 11.3. The summed E-state index contributed by atoms with van der Waals surface area (Å²) in [5.41, 5.74) is 0.695. The fraction of sp³-hybridized carbons (Fsp3) is 0.375. The van der Waals surface area contributed by atoms with Gasteiger partial charge in [-0.05, 0) is 24.5 Å². The van der Waals surface area contributed by atoms with E-state index in [-0.39, 0.29) is 17.5 Å². The molecule has 1 saturated carbocycles. The van der Waals surface area contributed by atoms with Crippen LogP contribution in [-0.2, 0) is 9.59 Å². The van der Waals surface area contributed by atoms with Crippen LogP contribution in [0.4, 0.5) is 0 Å². The topological polar surface area (TPSA) is 66.4 Å². The molecule has 0 radical (unpaired) electrons. The number of nitrogens with one attached hydrogen (secondary N) is 1. The molecular formula is C16H19NO3. The highest BCUT2D eigenvalue weighted by atomic mass is 16.4. The number of hydrogen-bond donors (Lipinski definition) is 2. The van der Waals surface area contributed by atoms with E-state index in [4.69, 9.17) is 0 Å². The lowest BCUT2D eigenvalue weighted by molar-refractivity contribution is -0.135. The second-order valence-corrected chi connectivity index (χ2v) is 5.10. The highest BCUT2D eigenvalue weighted by Crippen LogP contribution is 2.24. The fourth-order valence-electron chi connectivity index (χ4n) is 2.47. The Labute approximate surface area is 118 Å². The standard InChI is InChI=1S/C16H19NO3/c18-15(13-9-5-2-6-10-13)17-14(16(19)20)11-12-7-3-1-4-8-12/h1,3-4,7-8,11,13H,2,5-6,9-10H2,(H,17,18)(H,19,20). The molecule has 20 heavy (non-hydrogen) atoms. The van der Waals surface area contributed by atoms with Crippen molar-refractivity contribution in [3.05, 3.63) is 41.6 Å². The molecule has 0 heterocycles. The maximum absolute atomic E-state index is 12.1. The number of carbonyl (C=O) groups is 2. The molecule has 2 rings (SSSR count).